The molecular weight excluding hydrogens is 235 g/mol. The first-order valence-corrected chi connectivity index (χ1v) is 5.87. The molecule has 1 unspecified atom stereocenters. The summed E-state index contributed by atoms with van der Waals surface area (Å²) in [6, 6.07) is 4.69. The Kier molecular flexibility index (Phi) is 4.71. The maximum absolute atomic E-state index is 13.4. The summed E-state index contributed by atoms with van der Waals surface area (Å²) in [7, 11) is 0. The molecule has 1 N–H and O–H groups in total. The predicted octanol–water partition coefficient (Wildman–Crippen LogP) is 1.47. The first-order chi connectivity index (χ1) is 8.79. The van der Waals surface area contributed by atoms with Gasteiger partial charge in [-0.1, -0.05) is 17.9 Å². The normalized spacial score (nSPS) is 18.4. The Morgan fingerprint density at radius 1 is 1.50 bits per heavy atom. The summed E-state index contributed by atoms with van der Waals surface area (Å²) in [4.78, 5) is 0. The number of rotatable bonds is 3. The number of aliphatic hydroxyl groups excluding tert-OH is 1. The molecule has 1 aromatic carbocycles. The van der Waals surface area contributed by atoms with Crippen LogP contribution >= 0.6 is 0 Å². The summed E-state index contributed by atoms with van der Waals surface area (Å²) in [6.07, 6.45) is 1.03. The van der Waals surface area contributed by atoms with E-state index in [0.29, 0.717) is 13.2 Å². The lowest BCUT2D eigenvalue weighted by Gasteiger charge is -2.10. The van der Waals surface area contributed by atoms with Gasteiger partial charge >= 0.3 is 0 Å². The largest absolute Gasteiger partial charge is 0.384 e. The maximum atomic E-state index is 13.4. The van der Waals surface area contributed by atoms with Gasteiger partial charge in [0.1, 0.15) is 12.4 Å². The van der Waals surface area contributed by atoms with Gasteiger partial charge in [0.05, 0.1) is 24.9 Å². The fourth-order valence-electron chi connectivity index (χ4n) is 1.75. The van der Waals surface area contributed by atoms with Crippen LogP contribution in [0.4, 0.5) is 4.39 Å². The van der Waals surface area contributed by atoms with Gasteiger partial charge in [-0.15, -0.1) is 0 Å². The van der Waals surface area contributed by atoms with Gasteiger partial charge in [-0.2, -0.15) is 0 Å². The molecule has 96 valence electrons. The highest BCUT2D eigenvalue weighted by atomic mass is 19.1. The van der Waals surface area contributed by atoms with Crippen molar-refractivity contribution < 1.29 is 19.0 Å². The highest BCUT2D eigenvalue weighted by molar-refractivity contribution is 5.38. The van der Waals surface area contributed by atoms with Crippen LogP contribution in [0.2, 0.25) is 0 Å². The number of aliphatic hydroxyl groups is 1. The number of hydrogen-bond donors (Lipinski definition) is 1. The Labute approximate surface area is 106 Å². The summed E-state index contributed by atoms with van der Waals surface area (Å²) >= 11 is 0. The molecule has 2 rings (SSSR count). The van der Waals surface area contributed by atoms with Crippen molar-refractivity contribution in [2.75, 3.05) is 19.8 Å². The molecule has 0 aromatic heterocycles. The molecular formula is C14H15FO3. The monoisotopic (exact) mass is 250 g/mol. The van der Waals surface area contributed by atoms with Crippen LogP contribution in [0.25, 0.3) is 0 Å². The van der Waals surface area contributed by atoms with E-state index >= 15 is 0 Å². The second-order valence-electron chi connectivity index (χ2n) is 4.07. The van der Waals surface area contributed by atoms with Crippen molar-refractivity contribution >= 4 is 0 Å². The molecule has 1 aliphatic rings. The second kappa shape index (κ2) is 6.50. The summed E-state index contributed by atoms with van der Waals surface area (Å²) in [5.74, 6) is 4.62. The summed E-state index contributed by atoms with van der Waals surface area (Å²) < 4.78 is 24.2. The topological polar surface area (TPSA) is 38.7 Å². The van der Waals surface area contributed by atoms with Crippen molar-refractivity contribution in [1.29, 1.82) is 0 Å². The SMILES string of the molecule is OCC#Cc1cc(COC2CCOC2)ccc1F. The van der Waals surface area contributed by atoms with Gasteiger partial charge in [0.25, 0.3) is 0 Å². The van der Waals surface area contributed by atoms with E-state index in [9.17, 15) is 4.39 Å². The molecule has 18 heavy (non-hydrogen) atoms. The molecule has 0 radical (unpaired) electrons. The van der Waals surface area contributed by atoms with E-state index in [-0.39, 0.29) is 24.1 Å². The molecule has 4 heteroatoms. The van der Waals surface area contributed by atoms with Crippen LogP contribution in [0.5, 0.6) is 0 Å². The Morgan fingerprint density at radius 3 is 3.11 bits per heavy atom. The Balaban J connectivity index is 1.99. The van der Waals surface area contributed by atoms with E-state index in [1.165, 1.54) is 6.07 Å². The molecule has 3 nitrogen and oxygen atoms in total. The number of ether oxygens (including phenoxy) is 2. The van der Waals surface area contributed by atoms with Gasteiger partial charge in [0.15, 0.2) is 0 Å². The van der Waals surface area contributed by atoms with Gasteiger partial charge in [0, 0.05) is 6.61 Å². The minimum Gasteiger partial charge on any atom is -0.384 e. The number of halogens is 1. The molecule has 0 bridgehead atoms. The quantitative estimate of drug-likeness (QED) is 0.826. The fraction of sp³-hybridized carbons (Fsp3) is 0.429. The molecule has 0 amide bonds. The lowest BCUT2D eigenvalue weighted by molar-refractivity contribution is 0.0317. The lowest BCUT2D eigenvalue weighted by atomic mass is 10.1. The van der Waals surface area contributed by atoms with Gasteiger partial charge in [-0.3, -0.25) is 0 Å². The minimum atomic E-state index is -0.385. The minimum absolute atomic E-state index is 0.127. The smallest absolute Gasteiger partial charge is 0.138 e. The van der Waals surface area contributed by atoms with E-state index in [0.717, 1.165) is 18.6 Å². The van der Waals surface area contributed by atoms with Crippen molar-refractivity contribution in [1.82, 2.24) is 0 Å². The van der Waals surface area contributed by atoms with Gasteiger partial charge in [0.2, 0.25) is 0 Å². The van der Waals surface area contributed by atoms with Gasteiger partial charge < -0.3 is 14.6 Å². The van der Waals surface area contributed by atoms with Gasteiger partial charge in [-0.05, 0) is 24.1 Å². The third-order valence-electron chi connectivity index (χ3n) is 2.71. The van der Waals surface area contributed by atoms with Crippen LogP contribution in [0.15, 0.2) is 18.2 Å². The van der Waals surface area contributed by atoms with Crippen LogP contribution < -0.4 is 0 Å². The molecule has 0 aliphatic carbocycles. The third kappa shape index (κ3) is 3.54. The Hall–Kier alpha value is -1.41. The lowest BCUT2D eigenvalue weighted by Crippen LogP contribution is -2.12. The zero-order chi connectivity index (χ0) is 12.8. The molecule has 0 saturated carbocycles. The third-order valence-corrected chi connectivity index (χ3v) is 2.71. The first-order valence-electron chi connectivity index (χ1n) is 5.87. The van der Waals surface area contributed by atoms with Crippen molar-refractivity contribution in [2.24, 2.45) is 0 Å². The highest BCUT2D eigenvalue weighted by Gasteiger charge is 2.15. The van der Waals surface area contributed by atoms with Crippen molar-refractivity contribution in [2.45, 2.75) is 19.1 Å². The number of benzene rings is 1. The molecule has 1 aromatic rings. The van der Waals surface area contributed by atoms with Crippen LogP contribution in [0.3, 0.4) is 0 Å². The standard InChI is InChI=1S/C14H15FO3/c15-14-4-3-11(8-12(14)2-1-6-16)9-18-13-5-7-17-10-13/h3-4,8,13,16H,5-7,9-10H2. The summed E-state index contributed by atoms with van der Waals surface area (Å²) in [6.45, 7) is 1.50. The average molecular weight is 250 g/mol. The summed E-state index contributed by atoms with van der Waals surface area (Å²) in [5, 5.41) is 8.60. The fourth-order valence-corrected chi connectivity index (χ4v) is 1.75. The van der Waals surface area contributed by atoms with E-state index in [2.05, 4.69) is 11.8 Å². The van der Waals surface area contributed by atoms with Crippen LogP contribution in [0.1, 0.15) is 17.5 Å². The van der Waals surface area contributed by atoms with E-state index in [4.69, 9.17) is 14.6 Å². The second-order valence-corrected chi connectivity index (χ2v) is 4.07. The Bertz CT molecular complexity index is 456. The summed E-state index contributed by atoms with van der Waals surface area (Å²) in [5.41, 5.74) is 1.15. The van der Waals surface area contributed by atoms with Gasteiger partial charge in [-0.25, -0.2) is 4.39 Å². The van der Waals surface area contributed by atoms with E-state index in [1.807, 2.05) is 0 Å². The average Bonchev–Trinajstić information content (AvgIpc) is 2.89. The van der Waals surface area contributed by atoms with Crippen LogP contribution in [-0.4, -0.2) is 31.0 Å². The molecule has 1 fully saturated rings. The van der Waals surface area contributed by atoms with Crippen molar-refractivity contribution in [3.63, 3.8) is 0 Å². The highest BCUT2D eigenvalue weighted by Crippen LogP contribution is 2.14. The van der Waals surface area contributed by atoms with E-state index in [1.54, 1.807) is 12.1 Å². The zero-order valence-corrected chi connectivity index (χ0v) is 9.99. The van der Waals surface area contributed by atoms with Crippen LogP contribution in [-0.2, 0) is 16.1 Å². The van der Waals surface area contributed by atoms with Crippen molar-refractivity contribution in [3.8, 4) is 11.8 Å². The predicted molar refractivity (Wildman–Crippen MR) is 64.4 cm³/mol. The molecule has 1 saturated heterocycles. The zero-order valence-electron chi connectivity index (χ0n) is 9.99. The molecule has 0 spiro atoms. The first kappa shape index (κ1) is 13.0. The molecule has 1 atom stereocenters. The Morgan fingerprint density at radius 2 is 2.39 bits per heavy atom. The number of hydrogen-bond acceptors (Lipinski definition) is 3. The van der Waals surface area contributed by atoms with Crippen LogP contribution in [0, 0.1) is 17.7 Å². The maximum Gasteiger partial charge on any atom is 0.138 e. The molecule has 1 aliphatic heterocycles. The van der Waals surface area contributed by atoms with Crippen molar-refractivity contribution in [3.05, 3.63) is 35.1 Å². The van der Waals surface area contributed by atoms with E-state index < -0.39 is 0 Å². The molecule has 1 heterocycles.